The van der Waals surface area contributed by atoms with E-state index < -0.39 is 0 Å². The quantitative estimate of drug-likeness (QED) is 0.105. The first-order valence-corrected chi connectivity index (χ1v) is 16.2. The van der Waals surface area contributed by atoms with Crippen molar-refractivity contribution in [2.24, 2.45) is 0 Å². The van der Waals surface area contributed by atoms with Crippen LogP contribution in [0.2, 0.25) is 0 Å². The van der Waals surface area contributed by atoms with E-state index in [4.69, 9.17) is 9.47 Å². The molecule has 3 aromatic rings. The summed E-state index contributed by atoms with van der Waals surface area (Å²) in [5.41, 5.74) is 2.03. The lowest BCUT2D eigenvalue weighted by atomic mass is 10.1. The number of benzene rings is 3. The second-order valence-corrected chi connectivity index (χ2v) is 11.1. The number of ether oxygens (including phenoxy) is 2. The fourth-order valence-electron chi connectivity index (χ4n) is 5.02. The van der Waals surface area contributed by atoms with Crippen LogP contribution in [0.25, 0.3) is 10.8 Å². The van der Waals surface area contributed by atoms with E-state index in [2.05, 4.69) is 62.1 Å². The highest BCUT2D eigenvalue weighted by Gasteiger charge is 2.00. The zero-order valence-corrected chi connectivity index (χ0v) is 25.3. The molecule has 0 atom stereocenters. The summed E-state index contributed by atoms with van der Waals surface area (Å²) in [6.07, 6.45) is 21.1. The van der Waals surface area contributed by atoms with Crippen LogP contribution < -0.4 is 9.47 Å². The molecule has 3 rings (SSSR count). The van der Waals surface area contributed by atoms with Crippen LogP contribution in [0, 0.1) is 11.8 Å². The van der Waals surface area contributed by atoms with Gasteiger partial charge >= 0.3 is 0 Å². The van der Waals surface area contributed by atoms with Crippen LogP contribution in [0.15, 0.2) is 60.7 Å². The molecule has 0 amide bonds. The van der Waals surface area contributed by atoms with Crippen LogP contribution in [0.4, 0.5) is 0 Å². The third-order valence-corrected chi connectivity index (χ3v) is 7.55. The van der Waals surface area contributed by atoms with Crippen molar-refractivity contribution in [3.63, 3.8) is 0 Å². The smallest absolute Gasteiger partial charge is 0.119 e. The lowest BCUT2D eigenvalue weighted by Gasteiger charge is -2.08. The Morgan fingerprint density at radius 3 is 1.45 bits per heavy atom. The first-order valence-electron chi connectivity index (χ1n) is 16.2. The molecule has 0 heterocycles. The summed E-state index contributed by atoms with van der Waals surface area (Å²) in [6.45, 7) is 6.13. The van der Waals surface area contributed by atoms with Crippen molar-refractivity contribution < 1.29 is 9.47 Å². The minimum absolute atomic E-state index is 0.795. The van der Waals surface area contributed by atoms with Crippen LogP contribution in [0.3, 0.4) is 0 Å². The van der Waals surface area contributed by atoms with Crippen LogP contribution in [-0.2, 0) is 0 Å². The average Bonchev–Trinajstić information content (AvgIpc) is 2.99. The third-order valence-electron chi connectivity index (χ3n) is 7.55. The Morgan fingerprint density at radius 1 is 0.425 bits per heavy atom. The Hall–Kier alpha value is -2.92. The summed E-state index contributed by atoms with van der Waals surface area (Å²) < 4.78 is 12.0. The van der Waals surface area contributed by atoms with Crippen molar-refractivity contribution >= 4 is 10.8 Å². The number of hydrogen-bond donors (Lipinski definition) is 0. The molecular formula is C38H52O2. The third kappa shape index (κ3) is 13.0. The van der Waals surface area contributed by atoms with Gasteiger partial charge in [0.1, 0.15) is 11.5 Å². The molecule has 0 aromatic heterocycles. The second kappa shape index (κ2) is 20.0. The van der Waals surface area contributed by atoms with Crippen molar-refractivity contribution in [1.82, 2.24) is 0 Å². The minimum atomic E-state index is 0.795. The molecule has 0 aliphatic rings. The van der Waals surface area contributed by atoms with Crippen LogP contribution in [0.5, 0.6) is 11.5 Å². The van der Waals surface area contributed by atoms with E-state index in [1.807, 2.05) is 24.3 Å². The highest BCUT2D eigenvalue weighted by atomic mass is 16.5. The fourth-order valence-corrected chi connectivity index (χ4v) is 5.02. The number of unbranched alkanes of at least 4 members (excludes halogenated alkanes) is 14. The molecule has 2 heteroatoms. The van der Waals surface area contributed by atoms with Gasteiger partial charge in [-0.15, -0.1) is 0 Å². The Kier molecular flexibility index (Phi) is 15.8. The maximum atomic E-state index is 6.02. The maximum absolute atomic E-state index is 6.02. The van der Waals surface area contributed by atoms with Crippen molar-refractivity contribution in [3.05, 3.63) is 71.8 Å². The molecule has 2 nitrogen and oxygen atoms in total. The monoisotopic (exact) mass is 540 g/mol. The van der Waals surface area contributed by atoms with Gasteiger partial charge < -0.3 is 9.47 Å². The maximum Gasteiger partial charge on any atom is 0.119 e. The van der Waals surface area contributed by atoms with E-state index in [0.717, 1.165) is 48.7 Å². The zero-order valence-electron chi connectivity index (χ0n) is 25.3. The van der Waals surface area contributed by atoms with E-state index in [9.17, 15) is 0 Å². The Labute approximate surface area is 244 Å². The molecule has 0 fully saturated rings. The SMILES string of the molecule is CCCCCCCCCCOc1ccc(C#Cc2ccc3cc(OCCCCCCCCCC)ccc3c2)cc1. The van der Waals surface area contributed by atoms with E-state index in [1.54, 1.807) is 0 Å². The van der Waals surface area contributed by atoms with E-state index in [0.29, 0.717) is 0 Å². The first kappa shape index (κ1) is 31.6. The predicted octanol–water partition coefficient (Wildman–Crippen LogP) is 11.3. The van der Waals surface area contributed by atoms with Crippen LogP contribution >= 0.6 is 0 Å². The van der Waals surface area contributed by atoms with Gasteiger partial charge in [0, 0.05) is 11.1 Å². The second-order valence-electron chi connectivity index (χ2n) is 11.1. The summed E-state index contributed by atoms with van der Waals surface area (Å²) >= 11 is 0. The van der Waals surface area contributed by atoms with Gasteiger partial charge in [-0.05, 0) is 72.1 Å². The highest BCUT2D eigenvalue weighted by molar-refractivity contribution is 5.85. The molecule has 0 spiro atoms. The molecule has 0 saturated heterocycles. The van der Waals surface area contributed by atoms with Gasteiger partial charge in [0.15, 0.2) is 0 Å². The van der Waals surface area contributed by atoms with E-state index in [1.165, 1.54) is 101 Å². The lowest BCUT2D eigenvalue weighted by molar-refractivity contribution is 0.304. The molecule has 0 N–H and O–H groups in total. The molecule has 0 bridgehead atoms. The molecule has 0 saturated carbocycles. The standard InChI is InChI=1S/C38H52O2/c1-3-5-7-9-11-13-15-17-29-39-37-26-22-33(23-27-37)19-20-34-21-24-36-32-38(28-25-35(36)31-34)40-30-18-16-14-12-10-8-6-4-2/h21-28,31-32H,3-18,29-30H2,1-2H3. The molecule has 40 heavy (non-hydrogen) atoms. The minimum Gasteiger partial charge on any atom is -0.494 e. The van der Waals surface area contributed by atoms with Crippen molar-refractivity contribution in [2.75, 3.05) is 13.2 Å². The molecule has 216 valence electrons. The summed E-state index contributed by atoms with van der Waals surface area (Å²) in [5, 5.41) is 2.38. The van der Waals surface area contributed by atoms with Crippen LogP contribution in [0.1, 0.15) is 128 Å². The molecular weight excluding hydrogens is 488 g/mol. The van der Waals surface area contributed by atoms with Gasteiger partial charge in [0.05, 0.1) is 13.2 Å². The predicted molar refractivity (Wildman–Crippen MR) is 173 cm³/mol. The summed E-state index contributed by atoms with van der Waals surface area (Å²) in [4.78, 5) is 0. The highest BCUT2D eigenvalue weighted by Crippen LogP contribution is 2.22. The summed E-state index contributed by atoms with van der Waals surface area (Å²) in [5.74, 6) is 8.50. The molecule has 0 unspecified atom stereocenters. The number of rotatable bonds is 20. The normalized spacial score (nSPS) is 10.8. The van der Waals surface area contributed by atoms with E-state index in [-0.39, 0.29) is 0 Å². The molecule has 0 aliphatic carbocycles. The van der Waals surface area contributed by atoms with Gasteiger partial charge in [-0.2, -0.15) is 0 Å². The van der Waals surface area contributed by atoms with Gasteiger partial charge in [-0.1, -0.05) is 128 Å². The fraction of sp³-hybridized carbons (Fsp3) is 0.526. The molecule has 3 aromatic carbocycles. The first-order chi connectivity index (χ1) is 19.8. The zero-order chi connectivity index (χ0) is 28.1. The van der Waals surface area contributed by atoms with Gasteiger partial charge in [-0.3, -0.25) is 0 Å². The van der Waals surface area contributed by atoms with Crippen molar-refractivity contribution in [2.45, 2.75) is 117 Å². The summed E-state index contributed by atoms with van der Waals surface area (Å²) in [6, 6.07) is 20.9. The van der Waals surface area contributed by atoms with Gasteiger partial charge in [-0.25, -0.2) is 0 Å². The Bertz CT molecular complexity index is 1140. The number of fused-ring (bicyclic) bond motifs is 1. The Morgan fingerprint density at radius 2 is 0.850 bits per heavy atom. The average molecular weight is 541 g/mol. The lowest BCUT2D eigenvalue weighted by Crippen LogP contribution is -1.97. The van der Waals surface area contributed by atoms with Gasteiger partial charge in [0.2, 0.25) is 0 Å². The van der Waals surface area contributed by atoms with Crippen LogP contribution in [-0.4, -0.2) is 13.2 Å². The van der Waals surface area contributed by atoms with Crippen molar-refractivity contribution in [3.8, 4) is 23.3 Å². The number of hydrogen-bond acceptors (Lipinski definition) is 2. The summed E-state index contributed by atoms with van der Waals surface area (Å²) in [7, 11) is 0. The molecule has 0 aliphatic heterocycles. The topological polar surface area (TPSA) is 18.5 Å². The van der Waals surface area contributed by atoms with Gasteiger partial charge in [0.25, 0.3) is 0 Å². The Balaban J connectivity index is 1.36. The van der Waals surface area contributed by atoms with E-state index >= 15 is 0 Å². The van der Waals surface area contributed by atoms with Crippen molar-refractivity contribution in [1.29, 1.82) is 0 Å². The molecule has 0 radical (unpaired) electrons. The largest absolute Gasteiger partial charge is 0.494 e.